The number of nitrogens with one attached hydrogen (secondary N) is 1. The van der Waals surface area contributed by atoms with Gasteiger partial charge in [0.15, 0.2) is 9.84 Å². The van der Waals surface area contributed by atoms with Crippen molar-refractivity contribution in [1.82, 2.24) is 5.32 Å². The van der Waals surface area contributed by atoms with Crippen LogP contribution in [0, 0.1) is 5.41 Å². The minimum Gasteiger partial charge on any atom is -0.312 e. The predicted octanol–water partition coefficient (Wildman–Crippen LogP) is 2.76. The van der Waals surface area contributed by atoms with Gasteiger partial charge in [-0.05, 0) is 44.6 Å². The van der Waals surface area contributed by atoms with Gasteiger partial charge in [0.25, 0.3) is 0 Å². The van der Waals surface area contributed by atoms with Gasteiger partial charge in [0.1, 0.15) is 0 Å². The van der Waals surface area contributed by atoms with Crippen LogP contribution in [-0.4, -0.2) is 31.5 Å². The first-order valence-electron chi connectivity index (χ1n) is 7.23. The molecule has 3 unspecified atom stereocenters. The fraction of sp³-hybridized carbons (Fsp3) is 1.00. The molecule has 0 aliphatic heterocycles. The molecule has 0 aromatic carbocycles. The summed E-state index contributed by atoms with van der Waals surface area (Å²) in [6.45, 7) is 11.2. The fourth-order valence-electron chi connectivity index (χ4n) is 2.93. The first-order chi connectivity index (χ1) is 8.27. The SMILES string of the molecule is CCCNC1C(S(=O)(=O)C(C)CC)CCC1(C)C. The minimum absolute atomic E-state index is 0.0837. The highest BCUT2D eigenvalue weighted by atomic mass is 32.2. The maximum Gasteiger partial charge on any atom is 0.157 e. The number of hydrogen-bond acceptors (Lipinski definition) is 3. The second-order valence-electron chi connectivity index (χ2n) is 6.31. The van der Waals surface area contributed by atoms with Gasteiger partial charge in [-0.2, -0.15) is 0 Å². The highest BCUT2D eigenvalue weighted by Crippen LogP contribution is 2.41. The Kier molecular flexibility index (Phi) is 5.24. The van der Waals surface area contributed by atoms with E-state index in [1.165, 1.54) is 0 Å². The zero-order valence-corrected chi connectivity index (χ0v) is 13.3. The third-order valence-corrected chi connectivity index (χ3v) is 7.27. The molecule has 1 aliphatic carbocycles. The number of hydrogen-bond donors (Lipinski definition) is 1. The average molecular weight is 275 g/mol. The zero-order chi connectivity index (χ0) is 14.0. The summed E-state index contributed by atoms with van der Waals surface area (Å²) in [7, 11) is -3.00. The summed E-state index contributed by atoms with van der Waals surface area (Å²) < 4.78 is 25.2. The van der Waals surface area contributed by atoms with Crippen molar-refractivity contribution in [1.29, 1.82) is 0 Å². The Morgan fingerprint density at radius 3 is 2.44 bits per heavy atom. The Morgan fingerprint density at radius 1 is 1.33 bits per heavy atom. The Labute approximate surface area is 113 Å². The summed E-state index contributed by atoms with van der Waals surface area (Å²) in [6, 6.07) is 0.108. The van der Waals surface area contributed by atoms with Crippen LogP contribution in [0.3, 0.4) is 0 Å². The summed E-state index contributed by atoms with van der Waals surface area (Å²) in [4.78, 5) is 0. The third-order valence-electron chi connectivity index (χ3n) is 4.46. The maximum absolute atomic E-state index is 12.6. The van der Waals surface area contributed by atoms with Crippen LogP contribution in [0.15, 0.2) is 0 Å². The predicted molar refractivity (Wildman–Crippen MR) is 77.6 cm³/mol. The topological polar surface area (TPSA) is 46.2 Å². The maximum atomic E-state index is 12.6. The lowest BCUT2D eigenvalue weighted by molar-refractivity contribution is 0.284. The summed E-state index contributed by atoms with van der Waals surface area (Å²) >= 11 is 0. The van der Waals surface area contributed by atoms with Crippen molar-refractivity contribution >= 4 is 9.84 Å². The Bertz CT molecular complexity index is 362. The van der Waals surface area contributed by atoms with E-state index in [-0.39, 0.29) is 22.0 Å². The molecule has 0 amide bonds. The van der Waals surface area contributed by atoms with Crippen LogP contribution in [0.1, 0.15) is 60.3 Å². The molecule has 1 saturated carbocycles. The van der Waals surface area contributed by atoms with Crippen LogP contribution in [-0.2, 0) is 9.84 Å². The third kappa shape index (κ3) is 3.08. The first kappa shape index (κ1) is 16.0. The first-order valence-corrected chi connectivity index (χ1v) is 8.84. The van der Waals surface area contributed by atoms with Crippen molar-refractivity contribution in [2.45, 2.75) is 76.8 Å². The van der Waals surface area contributed by atoms with E-state index in [1.807, 2.05) is 13.8 Å². The van der Waals surface area contributed by atoms with Crippen LogP contribution in [0.5, 0.6) is 0 Å². The van der Waals surface area contributed by atoms with Crippen molar-refractivity contribution in [2.24, 2.45) is 5.41 Å². The summed E-state index contributed by atoms with van der Waals surface area (Å²) in [5, 5.41) is 3.06. The highest BCUT2D eigenvalue weighted by molar-refractivity contribution is 7.92. The molecular weight excluding hydrogens is 246 g/mol. The molecule has 3 atom stereocenters. The average Bonchev–Trinajstić information content (AvgIpc) is 2.61. The Hall–Kier alpha value is -0.0900. The van der Waals surface area contributed by atoms with Gasteiger partial charge in [0.05, 0.1) is 10.5 Å². The van der Waals surface area contributed by atoms with Crippen LogP contribution < -0.4 is 5.32 Å². The molecular formula is C14H29NO2S. The van der Waals surface area contributed by atoms with Gasteiger partial charge in [0, 0.05) is 6.04 Å². The van der Waals surface area contributed by atoms with Gasteiger partial charge in [-0.1, -0.05) is 27.7 Å². The lowest BCUT2D eigenvalue weighted by atomic mass is 9.87. The molecule has 0 radical (unpaired) electrons. The highest BCUT2D eigenvalue weighted by Gasteiger charge is 2.48. The van der Waals surface area contributed by atoms with E-state index in [2.05, 4.69) is 26.1 Å². The minimum atomic E-state index is -3.00. The standard InChI is InChI=1S/C14H29NO2S/c1-6-10-15-13-12(8-9-14(13,4)5)18(16,17)11(3)7-2/h11-13,15H,6-10H2,1-5H3. The molecule has 1 N–H and O–H groups in total. The second kappa shape index (κ2) is 5.91. The molecule has 18 heavy (non-hydrogen) atoms. The molecule has 0 aromatic rings. The molecule has 0 aromatic heterocycles. The van der Waals surface area contributed by atoms with Gasteiger partial charge in [-0.25, -0.2) is 8.42 Å². The van der Waals surface area contributed by atoms with Gasteiger partial charge >= 0.3 is 0 Å². The lowest BCUT2D eigenvalue weighted by Gasteiger charge is -2.32. The summed E-state index contributed by atoms with van der Waals surface area (Å²) in [6.07, 6.45) is 3.55. The zero-order valence-electron chi connectivity index (χ0n) is 12.5. The second-order valence-corrected chi connectivity index (χ2v) is 8.89. The monoisotopic (exact) mass is 275 g/mol. The largest absolute Gasteiger partial charge is 0.312 e. The van der Waals surface area contributed by atoms with Gasteiger partial charge in [-0.15, -0.1) is 0 Å². The fourth-order valence-corrected chi connectivity index (χ4v) is 5.28. The normalized spacial score (nSPS) is 29.4. The van der Waals surface area contributed by atoms with Crippen molar-refractivity contribution < 1.29 is 8.42 Å². The quantitative estimate of drug-likeness (QED) is 0.811. The van der Waals surface area contributed by atoms with Crippen molar-refractivity contribution in [3.05, 3.63) is 0 Å². The van der Waals surface area contributed by atoms with E-state index >= 15 is 0 Å². The molecule has 0 saturated heterocycles. The smallest absolute Gasteiger partial charge is 0.157 e. The Balaban J connectivity index is 2.94. The van der Waals surface area contributed by atoms with Gasteiger partial charge < -0.3 is 5.32 Å². The van der Waals surface area contributed by atoms with Gasteiger partial charge in [-0.3, -0.25) is 0 Å². The van der Waals surface area contributed by atoms with Gasteiger partial charge in [0.2, 0.25) is 0 Å². The molecule has 1 aliphatic rings. The van der Waals surface area contributed by atoms with Crippen molar-refractivity contribution in [3.8, 4) is 0 Å². The summed E-state index contributed by atoms with van der Waals surface area (Å²) in [5.74, 6) is 0. The lowest BCUT2D eigenvalue weighted by Crippen LogP contribution is -2.49. The van der Waals surface area contributed by atoms with Crippen LogP contribution >= 0.6 is 0 Å². The van der Waals surface area contributed by atoms with Crippen LogP contribution in [0.25, 0.3) is 0 Å². The van der Waals surface area contributed by atoms with E-state index in [0.29, 0.717) is 6.42 Å². The van der Waals surface area contributed by atoms with E-state index in [1.54, 1.807) is 0 Å². The van der Waals surface area contributed by atoms with Crippen molar-refractivity contribution in [3.63, 3.8) is 0 Å². The van der Waals surface area contributed by atoms with E-state index < -0.39 is 9.84 Å². The van der Waals surface area contributed by atoms with E-state index in [0.717, 1.165) is 25.8 Å². The molecule has 4 heteroatoms. The molecule has 0 bridgehead atoms. The molecule has 1 rings (SSSR count). The van der Waals surface area contributed by atoms with Crippen LogP contribution in [0.4, 0.5) is 0 Å². The van der Waals surface area contributed by atoms with Crippen LogP contribution in [0.2, 0.25) is 0 Å². The Morgan fingerprint density at radius 2 is 1.94 bits per heavy atom. The summed E-state index contributed by atoms with van der Waals surface area (Å²) in [5.41, 5.74) is 0.0837. The molecule has 0 heterocycles. The molecule has 1 fully saturated rings. The van der Waals surface area contributed by atoms with E-state index in [4.69, 9.17) is 0 Å². The molecule has 0 spiro atoms. The molecule has 3 nitrogen and oxygen atoms in total. The number of rotatable bonds is 6. The number of sulfone groups is 1. The van der Waals surface area contributed by atoms with Crippen molar-refractivity contribution in [2.75, 3.05) is 6.54 Å². The molecule has 108 valence electrons. The van der Waals surface area contributed by atoms with E-state index in [9.17, 15) is 8.42 Å².